The molecule has 0 saturated carbocycles. The molecule has 1 saturated heterocycles. The normalized spacial score (nSPS) is 18.5. The van der Waals surface area contributed by atoms with Gasteiger partial charge in [0, 0.05) is 44.7 Å². The van der Waals surface area contributed by atoms with Gasteiger partial charge < -0.3 is 30.8 Å². The molecule has 0 radical (unpaired) electrons. The van der Waals surface area contributed by atoms with Crippen LogP contribution in [0.15, 0.2) is 18.3 Å². The number of anilines is 1. The Morgan fingerprint density at radius 1 is 1.27 bits per heavy atom. The zero-order valence-corrected chi connectivity index (χ0v) is 17.5. The molecule has 164 valence electrons. The lowest BCUT2D eigenvalue weighted by molar-refractivity contribution is -0.135. The maximum atomic E-state index is 12.3. The Hall–Kier alpha value is -3.01. The number of aromatic nitrogens is 1. The SMILES string of the molecule is CC(=O)CCC(=O)N1CCN(c2ccc(C(=O)NC(C(N)=O)C(C)O)cn2)CC1C. The first kappa shape index (κ1) is 23.3. The lowest BCUT2D eigenvalue weighted by Gasteiger charge is -2.40. The first-order chi connectivity index (χ1) is 14.1. The highest BCUT2D eigenvalue weighted by Gasteiger charge is 2.28. The summed E-state index contributed by atoms with van der Waals surface area (Å²) in [4.78, 5) is 55.1. The number of hydrogen-bond donors (Lipinski definition) is 3. The van der Waals surface area contributed by atoms with Gasteiger partial charge in [0.05, 0.1) is 11.7 Å². The lowest BCUT2D eigenvalue weighted by Crippen LogP contribution is -2.54. The monoisotopic (exact) mass is 419 g/mol. The third kappa shape index (κ3) is 5.99. The number of hydrogen-bond acceptors (Lipinski definition) is 7. The first-order valence-corrected chi connectivity index (χ1v) is 9.88. The van der Waals surface area contributed by atoms with Crippen molar-refractivity contribution in [3.8, 4) is 0 Å². The van der Waals surface area contributed by atoms with Crippen LogP contribution in [-0.2, 0) is 14.4 Å². The molecule has 10 heteroatoms. The number of ketones is 1. The highest BCUT2D eigenvalue weighted by molar-refractivity contribution is 5.97. The molecule has 0 bridgehead atoms. The molecule has 1 aliphatic heterocycles. The van der Waals surface area contributed by atoms with E-state index in [0.29, 0.717) is 25.5 Å². The fraction of sp³-hybridized carbons (Fsp3) is 0.550. The molecule has 0 aromatic carbocycles. The maximum Gasteiger partial charge on any atom is 0.253 e. The molecule has 10 nitrogen and oxygen atoms in total. The number of Topliss-reactive ketones (excluding diaryl/α,β-unsaturated/α-hetero) is 1. The minimum absolute atomic E-state index is 0.00133. The van der Waals surface area contributed by atoms with Crippen molar-refractivity contribution in [2.45, 2.75) is 51.8 Å². The van der Waals surface area contributed by atoms with Crippen molar-refractivity contribution < 1.29 is 24.3 Å². The number of nitrogens with two attached hydrogens (primary N) is 1. The van der Waals surface area contributed by atoms with Gasteiger partial charge in [-0.05, 0) is 32.9 Å². The van der Waals surface area contributed by atoms with E-state index in [9.17, 15) is 24.3 Å². The molecule has 1 aromatic rings. The number of aliphatic hydroxyl groups excluding tert-OH is 1. The van der Waals surface area contributed by atoms with Gasteiger partial charge in [-0.25, -0.2) is 4.98 Å². The number of rotatable bonds is 8. The quantitative estimate of drug-likeness (QED) is 0.512. The summed E-state index contributed by atoms with van der Waals surface area (Å²) in [6.45, 7) is 6.47. The van der Waals surface area contributed by atoms with Gasteiger partial charge in [0.1, 0.15) is 17.6 Å². The number of nitrogens with zero attached hydrogens (tertiary/aromatic N) is 3. The van der Waals surface area contributed by atoms with Crippen LogP contribution in [0.2, 0.25) is 0 Å². The lowest BCUT2D eigenvalue weighted by atomic mass is 10.1. The fourth-order valence-corrected chi connectivity index (χ4v) is 3.32. The highest BCUT2D eigenvalue weighted by atomic mass is 16.3. The molecular formula is C20H29N5O5. The van der Waals surface area contributed by atoms with Crippen molar-refractivity contribution in [3.05, 3.63) is 23.9 Å². The van der Waals surface area contributed by atoms with Crippen molar-refractivity contribution in [1.82, 2.24) is 15.2 Å². The van der Waals surface area contributed by atoms with Gasteiger partial charge in [0.15, 0.2) is 0 Å². The van der Waals surface area contributed by atoms with Crippen LogP contribution in [0, 0.1) is 0 Å². The topological polar surface area (TPSA) is 146 Å². The predicted octanol–water partition coefficient (Wildman–Crippen LogP) is -0.548. The average Bonchev–Trinajstić information content (AvgIpc) is 2.69. The van der Waals surface area contributed by atoms with E-state index in [-0.39, 0.29) is 36.1 Å². The van der Waals surface area contributed by atoms with Crippen LogP contribution in [0.3, 0.4) is 0 Å². The first-order valence-electron chi connectivity index (χ1n) is 9.88. The number of nitrogens with one attached hydrogen (secondary N) is 1. The largest absolute Gasteiger partial charge is 0.391 e. The highest BCUT2D eigenvalue weighted by Crippen LogP contribution is 2.18. The molecule has 1 aromatic heterocycles. The van der Waals surface area contributed by atoms with Gasteiger partial charge in [0.2, 0.25) is 11.8 Å². The summed E-state index contributed by atoms with van der Waals surface area (Å²) in [5.74, 6) is -0.755. The molecule has 30 heavy (non-hydrogen) atoms. The number of piperazine rings is 1. The third-order valence-corrected chi connectivity index (χ3v) is 5.05. The van der Waals surface area contributed by atoms with Gasteiger partial charge in [0.25, 0.3) is 5.91 Å². The van der Waals surface area contributed by atoms with Gasteiger partial charge in [-0.1, -0.05) is 0 Å². The Morgan fingerprint density at radius 2 is 1.97 bits per heavy atom. The van der Waals surface area contributed by atoms with Crippen LogP contribution in [-0.4, -0.2) is 76.3 Å². The van der Waals surface area contributed by atoms with E-state index < -0.39 is 24.0 Å². The number of primary amides is 1. The van der Waals surface area contributed by atoms with Crippen molar-refractivity contribution in [2.75, 3.05) is 24.5 Å². The smallest absolute Gasteiger partial charge is 0.253 e. The summed E-state index contributed by atoms with van der Waals surface area (Å²) in [5.41, 5.74) is 5.42. The molecule has 2 rings (SSSR count). The Kier molecular flexibility index (Phi) is 7.87. The molecule has 1 fully saturated rings. The Labute approximate surface area is 175 Å². The number of aliphatic hydroxyl groups is 1. The summed E-state index contributed by atoms with van der Waals surface area (Å²) in [6.07, 6.45) is 0.748. The Bertz CT molecular complexity index is 795. The second-order valence-corrected chi connectivity index (χ2v) is 7.58. The summed E-state index contributed by atoms with van der Waals surface area (Å²) < 4.78 is 0. The predicted molar refractivity (Wildman–Crippen MR) is 110 cm³/mol. The molecule has 3 amide bonds. The number of pyridine rings is 1. The number of amides is 3. The molecule has 0 spiro atoms. The van der Waals surface area contributed by atoms with E-state index in [1.807, 2.05) is 11.8 Å². The van der Waals surface area contributed by atoms with Gasteiger partial charge >= 0.3 is 0 Å². The van der Waals surface area contributed by atoms with E-state index in [1.54, 1.807) is 17.0 Å². The zero-order chi connectivity index (χ0) is 22.4. The number of carbonyl (C=O) groups is 4. The molecule has 4 N–H and O–H groups in total. The van der Waals surface area contributed by atoms with Crippen LogP contribution in [0.5, 0.6) is 0 Å². The van der Waals surface area contributed by atoms with Crippen molar-refractivity contribution >= 4 is 29.3 Å². The number of carbonyl (C=O) groups excluding carboxylic acids is 4. The van der Waals surface area contributed by atoms with Crippen LogP contribution in [0.4, 0.5) is 5.82 Å². The second-order valence-electron chi connectivity index (χ2n) is 7.58. The van der Waals surface area contributed by atoms with Crippen molar-refractivity contribution in [2.24, 2.45) is 5.73 Å². The second kappa shape index (κ2) is 10.1. The standard InChI is InChI=1S/C20H29N5O5/c1-12-11-24(8-9-25(12)17(28)7-4-13(2)26)16-6-5-15(10-22-16)20(30)23-18(14(3)27)19(21)29/h5-6,10,12,14,18,27H,4,7-9,11H2,1-3H3,(H2,21,29)(H,23,30). The van der Waals surface area contributed by atoms with Gasteiger partial charge in [-0.15, -0.1) is 0 Å². The molecule has 0 aliphatic carbocycles. The fourth-order valence-electron chi connectivity index (χ4n) is 3.32. The Morgan fingerprint density at radius 3 is 2.47 bits per heavy atom. The molecule has 2 heterocycles. The van der Waals surface area contributed by atoms with E-state index in [1.165, 1.54) is 20.0 Å². The van der Waals surface area contributed by atoms with Crippen LogP contribution in [0.25, 0.3) is 0 Å². The van der Waals surface area contributed by atoms with Crippen LogP contribution >= 0.6 is 0 Å². The van der Waals surface area contributed by atoms with E-state index >= 15 is 0 Å². The minimum atomic E-state index is -1.19. The zero-order valence-electron chi connectivity index (χ0n) is 17.5. The van der Waals surface area contributed by atoms with Crippen molar-refractivity contribution in [3.63, 3.8) is 0 Å². The minimum Gasteiger partial charge on any atom is -0.391 e. The summed E-state index contributed by atoms with van der Waals surface area (Å²) in [5, 5.41) is 11.9. The molecular weight excluding hydrogens is 390 g/mol. The molecule has 3 unspecified atom stereocenters. The van der Waals surface area contributed by atoms with Crippen molar-refractivity contribution in [1.29, 1.82) is 0 Å². The van der Waals surface area contributed by atoms with E-state index in [4.69, 9.17) is 5.73 Å². The van der Waals surface area contributed by atoms with E-state index in [0.717, 1.165) is 0 Å². The van der Waals surface area contributed by atoms with Gasteiger partial charge in [-0.2, -0.15) is 0 Å². The summed E-state index contributed by atoms with van der Waals surface area (Å²) >= 11 is 0. The Balaban J connectivity index is 1.97. The molecule has 1 aliphatic rings. The molecule has 3 atom stereocenters. The van der Waals surface area contributed by atoms with E-state index in [2.05, 4.69) is 10.3 Å². The van der Waals surface area contributed by atoms with Crippen LogP contribution in [0.1, 0.15) is 44.0 Å². The summed E-state index contributed by atoms with van der Waals surface area (Å²) in [7, 11) is 0. The average molecular weight is 419 g/mol. The summed E-state index contributed by atoms with van der Waals surface area (Å²) in [6, 6.07) is 2.04. The third-order valence-electron chi connectivity index (χ3n) is 5.05. The maximum absolute atomic E-state index is 12.3. The van der Waals surface area contributed by atoms with Crippen LogP contribution < -0.4 is 16.0 Å². The van der Waals surface area contributed by atoms with Gasteiger partial charge in [-0.3, -0.25) is 14.4 Å².